The maximum Gasteiger partial charge on any atom is 0.339 e. The topological polar surface area (TPSA) is 82.8 Å². The first-order valence-corrected chi connectivity index (χ1v) is 9.21. The molecule has 0 N–H and O–H groups in total. The number of ether oxygens (including phenoxy) is 2. The van der Waals surface area contributed by atoms with E-state index in [9.17, 15) is 14.4 Å². The highest BCUT2D eigenvalue weighted by Crippen LogP contribution is 2.28. The first kappa shape index (κ1) is 19.7. The van der Waals surface area contributed by atoms with Gasteiger partial charge in [0, 0.05) is 21.8 Å². The Kier molecular flexibility index (Phi) is 6.78. The van der Waals surface area contributed by atoms with Gasteiger partial charge < -0.3 is 13.9 Å². The summed E-state index contributed by atoms with van der Waals surface area (Å²) in [5.74, 6) is -2.66. The first-order chi connectivity index (χ1) is 11.9. The summed E-state index contributed by atoms with van der Waals surface area (Å²) in [5, 5.41) is 0.655. The van der Waals surface area contributed by atoms with Crippen molar-refractivity contribution in [2.24, 2.45) is 5.92 Å². The second-order valence-corrected chi connectivity index (χ2v) is 6.90. The molecule has 1 aromatic carbocycles. The van der Waals surface area contributed by atoms with Crippen molar-refractivity contribution in [3.8, 4) is 0 Å². The molecule has 0 aliphatic carbocycles. The van der Waals surface area contributed by atoms with E-state index < -0.39 is 23.5 Å². The Morgan fingerprint density at radius 3 is 2.24 bits per heavy atom. The smallest absolute Gasteiger partial charge is 0.339 e. The van der Waals surface area contributed by atoms with Crippen molar-refractivity contribution in [3.63, 3.8) is 0 Å². The van der Waals surface area contributed by atoms with Gasteiger partial charge in [-0.2, -0.15) is 0 Å². The molecular formula is C17H16Br2O6. The number of benzene rings is 1. The minimum Gasteiger partial charge on any atom is -0.465 e. The van der Waals surface area contributed by atoms with Crippen molar-refractivity contribution in [3.05, 3.63) is 43.1 Å². The average Bonchev–Trinajstić information content (AvgIpc) is 2.54. The Morgan fingerprint density at radius 1 is 1.08 bits per heavy atom. The highest BCUT2D eigenvalue weighted by atomic mass is 79.9. The van der Waals surface area contributed by atoms with Gasteiger partial charge >= 0.3 is 17.6 Å². The number of carbonyl (C=O) groups excluding carboxylic acids is 2. The van der Waals surface area contributed by atoms with Crippen molar-refractivity contribution in [1.29, 1.82) is 0 Å². The third kappa shape index (κ3) is 4.70. The zero-order valence-electron chi connectivity index (χ0n) is 13.6. The summed E-state index contributed by atoms with van der Waals surface area (Å²) in [6, 6.07) is 5.13. The fourth-order valence-corrected chi connectivity index (χ4v) is 3.65. The van der Waals surface area contributed by atoms with Crippen LogP contribution in [0.4, 0.5) is 0 Å². The van der Waals surface area contributed by atoms with E-state index in [-0.39, 0.29) is 25.2 Å². The minimum atomic E-state index is -1.21. The molecule has 0 aliphatic rings. The number of rotatable bonds is 6. The van der Waals surface area contributed by atoms with Crippen molar-refractivity contribution < 1.29 is 23.5 Å². The van der Waals surface area contributed by atoms with Crippen LogP contribution in [0.5, 0.6) is 0 Å². The second kappa shape index (κ2) is 8.62. The van der Waals surface area contributed by atoms with Crippen LogP contribution in [-0.2, 0) is 25.5 Å². The maximum absolute atomic E-state index is 12.3. The quantitative estimate of drug-likeness (QED) is 0.360. The van der Waals surface area contributed by atoms with Gasteiger partial charge in [0.05, 0.1) is 17.7 Å². The van der Waals surface area contributed by atoms with Crippen molar-refractivity contribution in [1.82, 2.24) is 0 Å². The van der Waals surface area contributed by atoms with Crippen molar-refractivity contribution in [2.75, 3.05) is 13.2 Å². The molecule has 0 bridgehead atoms. The van der Waals surface area contributed by atoms with Gasteiger partial charge in [-0.05, 0) is 48.0 Å². The highest BCUT2D eigenvalue weighted by Gasteiger charge is 2.31. The van der Waals surface area contributed by atoms with Crippen LogP contribution < -0.4 is 5.63 Å². The van der Waals surface area contributed by atoms with Crippen molar-refractivity contribution >= 4 is 54.8 Å². The number of carbonyl (C=O) groups is 2. The molecule has 0 aliphatic heterocycles. The van der Waals surface area contributed by atoms with E-state index in [0.717, 1.165) is 4.47 Å². The molecule has 0 unspecified atom stereocenters. The van der Waals surface area contributed by atoms with E-state index in [2.05, 4.69) is 31.9 Å². The summed E-state index contributed by atoms with van der Waals surface area (Å²) in [6.45, 7) is 3.53. The third-order valence-electron chi connectivity index (χ3n) is 3.39. The summed E-state index contributed by atoms with van der Waals surface area (Å²) < 4.78 is 16.6. The van der Waals surface area contributed by atoms with E-state index in [1.807, 2.05) is 0 Å². The van der Waals surface area contributed by atoms with Crippen LogP contribution in [0.15, 0.2) is 36.4 Å². The lowest BCUT2D eigenvalue weighted by Crippen LogP contribution is -2.31. The molecule has 1 heterocycles. The van der Waals surface area contributed by atoms with E-state index >= 15 is 0 Å². The molecule has 2 aromatic rings. The van der Waals surface area contributed by atoms with E-state index in [4.69, 9.17) is 13.9 Å². The summed E-state index contributed by atoms with van der Waals surface area (Å²) in [7, 11) is 0. The lowest BCUT2D eigenvalue weighted by atomic mass is 10.00. The number of hydrogen-bond donors (Lipinski definition) is 0. The van der Waals surface area contributed by atoms with Crippen LogP contribution in [0.25, 0.3) is 11.0 Å². The zero-order chi connectivity index (χ0) is 18.6. The van der Waals surface area contributed by atoms with Gasteiger partial charge in [-0.3, -0.25) is 9.59 Å². The fourth-order valence-electron chi connectivity index (χ4n) is 2.31. The monoisotopic (exact) mass is 474 g/mol. The summed E-state index contributed by atoms with van der Waals surface area (Å²) in [4.78, 5) is 36.4. The lowest BCUT2D eigenvalue weighted by Gasteiger charge is -2.14. The molecular weight excluding hydrogens is 460 g/mol. The zero-order valence-corrected chi connectivity index (χ0v) is 16.8. The van der Waals surface area contributed by atoms with Crippen molar-refractivity contribution in [2.45, 2.75) is 20.3 Å². The summed E-state index contributed by atoms with van der Waals surface area (Å²) in [6.07, 6.45) is -0.153. The van der Waals surface area contributed by atoms with E-state index in [1.54, 1.807) is 32.0 Å². The normalized spacial score (nSPS) is 10.9. The standard InChI is InChI=1S/C17H16Br2O6/c1-3-23-16(21)12(17(22)24-4-2)7-10-5-9-6-11(18)8-13(19)14(9)25-15(10)20/h5-6,8,12H,3-4,7H2,1-2H3. The molecule has 8 heteroatoms. The fraction of sp³-hybridized carbons (Fsp3) is 0.353. The molecule has 6 nitrogen and oxygen atoms in total. The Bertz CT molecular complexity index is 840. The van der Waals surface area contributed by atoms with Crippen LogP contribution in [0.3, 0.4) is 0 Å². The highest BCUT2D eigenvalue weighted by molar-refractivity contribution is 9.11. The Balaban J connectivity index is 2.44. The molecule has 0 saturated heterocycles. The van der Waals surface area contributed by atoms with Gasteiger partial charge in [0.2, 0.25) is 0 Å². The van der Waals surface area contributed by atoms with Gasteiger partial charge in [0.25, 0.3) is 0 Å². The molecule has 2 rings (SSSR count). The van der Waals surface area contributed by atoms with E-state index in [0.29, 0.717) is 15.4 Å². The van der Waals surface area contributed by atoms with Gasteiger partial charge in [-0.1, -0.05) is 15.9 Å². The Hall–Kier alpha value is -1.67. The first-order valence-electron chi connectivity index (χ1n) is 7.62. The van der Waals surface area contributed by atoms with Crippen LogP contribution >= 0.6 is 31.9 Å². The molecule has 0 radical (unpaired) electrons. The second-order valence-electron chi connectivity index (χ2n) is 5.13. The maximum atomic E-state index is 12.3. The van der Waals surface area contributed by atoms with Crippen LogP contribution in [0, 0.1) is 5.92 Å². The summed E-state index contributed by atoms with van der Waals surface area (Å²) >= 11 is 6.70. The van der Waals surface area contributed by atoms with Crippen LogP contribution in [-0.4, -0.2) is 25.2 Å². The molecule has 0 spiro atoms. The predicted octanol–water partition coefficient (Wildman–Crippen LogP) is 3.60. The van der Waals surface area contributed by atoms with Crippen LogP contribution in [0.2, 0.25) is 0 Å². The molecule has 0 fully saturated rings. The van der Waals surface area contributed by atoms with Gasteiger partial charge in [0.15, 0.2) is 11.5 Å². The number of hydrogen-bond acceptors (Lipinski definition) is 6. The van der Waals surface area contributed by atoms with Gasteiger partial charge in [-0.25, -0.2) is 4.79 Å². The Morgan fingerprint density at radius 2 is 1.68 bits per heavy atom. The predicted molar refractivity (Wildman–Crippen MR) is 98.3 cm³/mol. The van der Waals surface area contributed by atoms with Crippen LogP contribution in [0.1, 0.15) is 19.4 Å². The molecule has 0 saturated carbocycles. The van der Waals surface area contributed by atoms with Gasteiger partial charge in [-0.15, -0.1) is 0 Å². The molecule has 134 valence electrons. The number of esters is 2. The Labute approximate surface area is 160 Å². The molecule has 0 amide bonds. The minimum absolute atomic E-state index is 0.126. The molecule has 25 heavy (non-hydrogen) atoms. The average molecular weight is 476 g/mol. The van der Waals surface area contributed by atoms with E-state index in [1.165, 1.54) is 0 Å². The molecule has 0 atom stereocenters. The SMILES string of the molecule is CCOC(=O)C(Cc1cc2cc(Br)cc(Br)c2oc1=O)C(=O)OCC. The largest absolute Gasteiger partial charge is 0.465 e. The number of fused-ring (bicyclic) bond motifs is 1. The molecule has 1 aromatic heterocycles. The lowest BCUT2D eigenvalue weighted by molar-refractivity contribution is -0.161. The number of halogens is 2. The summed E-state index contributed by atoms with van der Waals surface area (Å²) in [5.41, 5.74) is -0.0292. The van der Waals surface area contributed by atoms with Gasteiger partial charge in [0.1, 0.15) is 0 Å². The third-order valence-corrected chi connectivity index (χ3v) is 4.44.